The fourth-order valence-corrected chi connectivity index (χ4v) is 3.47. The lowest BCUT2D eigenvalue weighted by molar-refractivity contribution is -0.0103. The predicted octanol–water partition coefficient (Wildman–Crippen LogP) is 4.01. The van der Waals surface area contributed by atoms with Crippen molar-refractivity contribution in [2.75, 3.05) is 19.9 Å². The third-order valence-corrected chi connectivity index (χ3v) is 9.54. The van der Waals surface area contributed by atoms with E-state index in [2.05, 4.69) is 39.2 Å². The summed E-state index contributed by atoms with van der Waals surface area (Å²) < 4.78 is 25.4. The van der Waals surface area contributed by atoms with Crippen LogP contribution in [0.3, 0.4) is 0 Å². The summed E-state index contributed by atoms with van der Waals surface area (Å²) in [6, 6.07) is 6.62. The van der Waals surface area contributed by atoms with Crippen molar-refractivity contribution in [1.29, 1.82) is 0 Å². The highest BCUT2D eigenvalue weighted by atomic mass is 28.4. The highest BCUT2D eigenvalue weighted by Gasteiger charge is 2.40. The molecule has 5 heteroatoms. The van der Waals surface area contributed by atoms with E-state index in [1.54, 1.807) is 0 Å². The van der Waals surface area contributed by atoms with Crippen molar-refractivity contribution in [3.63, 3.8) is 0 Å². The summed E-state index contributed by atoms with van der Waals surface area (Å²) in [7, 11) is -1.76. The molecule has 0 aliphatic carbocycles. The minimum Gasteiger partial charge on any atom is -0.417 e. The van der Waals surface area contributed by atoms with E-state index in [0.29, 0.717) is 13.3 Å². The van der Waals surface area contributed by atoms with Gasteiger partial charge in [0.15, 0.2) is 8.32 Å². The van der Waals surface area contributed by atoms with Crippen molar-refractivity contribution in [2.45, 2.75) is 50.9 Å². The molecule has 3 nitrogen and oxygen atoms in total. The molecule has 0 unspecified atom stereocenters. The molecule has 1 heterocycles. The lowest BCUT2D eigenvalue weighted by Crippen LogP contribution is -2.42. The SMILES string of the molecule is CC(C)(C)[Si](C)(C)OCC[C@@]1(c2ccc(F)cc2)CNCO1. The van der Waals surface area contributed by atoms with Crippen LogP contribution in [0.15, 0.2) is 24.3 Å². The van der Waals surface area contributed by atoms with Gasteiger partial charge in [-0.1, -0.05) is 32.9 Å². The second-order valence-electron chi connectivity index (χ2n) is 7.58. The molecule has 1 saturated heterocycles. The van der Waals surface area contributed by atoms with E-state index >= 15 is 0 Å². The summed E-state index contributed by atoms with van der Waals surface area (Å²) in [5, 5.41) is 3.44. The largest absolute Gasteiger partial charge is 0.417 e. The van der Waals surface area contributed by atoms with Gasteiger partial charge in [-0.2, -0.15) is 0 Å². The Morgan fingerprint density at radius 2 is 1.91 bits per heavy atom. The molecular formula is C17H28FNO2Si. The van der Waals surface area contributed by atoms with Gasteiger partial charge in [0, 0.05) is 19.6 Å². The zero-order valence-corrected chi connectivity index (χ0v) is 15.3. The summed E-state index contributed by atoms with van der Waals surface area (Å²) in [5.41, 5.74) is 0.605. The minimum absolute atomic E-state index is 0.199. The molecule has 2 rings (SSSR count). The summed E-state index contributed by atoms with van der Waals surface area (Å²) >= 11 is 0. The number of benzene rings is 1. The van der Waals surface area contributed by atoms with Crippen LogP contribution >= 0.6 is 0 Å². The van der Waals surface area contributed by atoms with Gasteiger partial charge < -0.3 is 9.16 Å². The maximum absolute atomic E-state index is 13.2. The van der Waals surface area contributed by atoms with Crippen LogP contribution in [0.4, 0.5) is 4.39 Å². The van der Waals surface area contributed by atoms with Crippen LogP contribution in [0.2, 0.25) is 18.1 Å². The molecule has 0 amide bonds. The monoisotopic (exact) mass is 325 g/mol. The van der Waals surface area contributed by atoms with E-state index in [1.807, 2.05) is 12.1 Å². The Kier molecular flexibility index (Phi) is 5.12. The van der Waals surface area contributed by atoms with Crippen LogP contribution in [-0.2, 0) is 14.8 Å². The average Bonchev–Trinajstić information content (AvgIpc) is 2.88. The van der Waals surface area contributed by atoms with Gasteiger partial charge in [0.2, 0.25) is 0 Å². The van der Waals surface area contributed by atoms with Gasteiger partial charge in [-0.25, -0.2) is 4.39 Å². The van der Waals surface area contributed by atoms with E-state index in [-0.39, 0.29) is 10.9 Å². The van der Waals surface area contributed by atoms with E-state index in [1.165, 1.54) is 12.1 Å². The standard InChI is InChI=1S/C17H28FNO2Si/c1-16(2,3)22(4,5)21-11-10-17(12-19-13-20-17)14-6-8-15(18)9-7-14/h6-9,19H,10-13H2,1-5H3/t17-/m0/s1. The first-order chi connectivity index (χ1) is 10.2. The Bertz CT molecular complexity index is 490. The first kappa shape index (κ1) is 17.6. The highest BCUT2D eigenvalue weighted by molar-refractivity contribution is 6.74. The summed E-state index contributed by atoms with van der Waals surface area (Å²) in [4.78, 5) is 0. The van der Waals surface area contributed by atoms with E-state index in [0.717, 1.165) is 18.5 Å². The number of nitrogens with one attached hydrogen (secondary N) is 1. The van der Waals surface area contributed by atoms with Gasteiger partial charge in [-0.05, 0) is 35.8 Å². The number of ether oxygens (including phenoxy) is 1. The van der Waals surface area contributed by atoms with Crippen molar-refractivity contribution in [1.82, 2.24) is 5.32 Å². The lowest BCUT2D eigenvalue weighted by Gasteiger charge is -2.37. The highest BCUT2D eigenvalue weighted by Crippen LogP contribution is 2.38. The molecule has 1 aliphatic rings. The van der Waals surface area contributed by atoms with Crippen molar-refractivity contribution < 1.29 is 13.6 Å². The molecule has 1 N–H and O–H groups in total. The molecule has 0 aromatic heterocycles. The minimum atomic E-state index is -1.76. The molecular weight excluding hydrogens is 297 g/mol. The molecule has 0 saturated carbocycles. The molecule has 22 heavy (non-hydrogen) atoms. The predicted molar refractivity (Wildman–Crippen MR) is 89.8 cm³/mol. The summed E-state index contributed by atoms with van der Waals surface area (Å²) in [5.74, 6) is -0.220. The van der Waals surface area contributed by atoms with Crippen LogP contribution in [0.5, 0.6) is 0 Å². The zero-order valence-electron chi connectivity index (χ0n) is 14.3. The third-order valence-electron chi connectivity index (χ3n) is 5.01. The number of hydrogen-bond donors (Lipinski definition) is 1. The van der Waals surface area contributed by atoms with Crippen molar-refractivity contribution in [3.05, 3.63) is 35.6 Å². The molecule has 124 valence electrons. The Balaban J connectivity index is 2.06. The van der Waals surface area contributed by atoms with Gasteiger partial charge in [-0.15, -0.1) is 0 Å². The quantitative estimate of drug-likeness (QED) is 0.830. The number of hydrogen-bond acceptors (Lipinski definition) is 3. The first-order valence-electron chi connectivity index (χ1n) is 7.91. The summed E-state index contributed by atoms with van der Waals surface area (Å²) in [6.45, 7) is 13.1. The molecule has 1 aliphatic heterocycles. The Labute approximate surface area is 134 Å². The summed E-state index contributed by atoms with van der Waals surface area (Å²) in [6.07, 6.45) is 0.776. The van der Waals surface area contributed by atoms with Crippen LogP contribution < -0.4 is 5.32 Å². The smallest absolute Gasteiger partial charge is 0.191 e. The van der Waals surface area contributed by atoms with Gasteiger partial charge >= 0.3 is 0 Å². The normalized spacial score (nSPS) is 23.0. The van der Waals surface area contributed by atoms with Crippen LogP contribution in [0.1, 0.15) is 32.8 Å². The molecule has 1 aromatic carbocycles. The molecule has 1 atom stereocenters. The molecule has 1 aromatic rings. The second-order valence-corrected chi connectivity index (χ2v) is 12.4. The second kappa shape index (κ2) is 6.39. The molecule has 1 fully saturated rings. The maximum atomic E-state index is 13.2. The van der Waals surface area contributed by atoms with Gasteiger partial charge in [-0.3, -0.25) is 5.32 Å². The van der Waals surface area contributed by atoms with E-state index in [9.17, 15) is 4.39 Å². The lowest BCUT2D eigenvalue weighted by atomic mass is 9.91. The average molecular weight is 326 g/mol. The van der Waals surface area contributed by atoms with Crippen LogP contribution in [0, 0.1) is 5.82 Å². The Hall–Kier alpha value is -0.753. The molecule has 0 radical (unpaired) electrons. The number of rotatable bonds is 5. The topological polar surface area (TPSA) is 30.5 Å². The first-order valence-corrected chi connectivity index (χ1v) is 10.8. The number of halogens is 1. The van der Waals surface area contributed by atoms with Crippen LogP contribution in [-0.4, -0.2) is 28.2 Å². The van der Waals surface area contributed by atoms with Gasteiger partial charge in [0.25, 0.3) is 0 Å². The van der Waals surface area contributed by atoms with Gasteiger partial charge in [0.1, 0.15) is 11.4 Å². The Morgan fingerprint density at radius 1 is 1.27 bits per heavy atom. The van der Waals surface area contributed by atoms with Crippen molar-refractivity contribution in [2.24, 2.45) is 0 Å². The van der Waals surface area contributed by atoms with E-state index in [4.69, 9.17) is 9.16 Å². The fourth-order valence-electron chi connectivity index (χ4n) is 2.42. The fraction of sp³-hybridized carbons (Fsp3) is 0.647. The Morgan fingerprint density at radius 3 is 2.41 bits per heavy atom. The third kappa shape index (κ3) is 3.77. The maximum Gasteiger partial charge on any atom is 0.191 e. The molecule has 0 spiro atoms. The van der Waals surface area contributed by atoms with E-state index < -0.39 is 13.9 Å². The van der Waals surface area contributed by atoms with Gasteiger partial charge in [0.05, 0.1) is 6.73 Å². The van der Waals surface area contributed by atoms with Crippen molar-refractivity contribution >= 4 is 8.32 Å². The molecule has 0 bridgehead atoms. The van der Waals surface area contributed by atoms with Crippen molar-refractivity contribution in [3.8, 4) is 0 Å². The van der Waals surface area contributed by atoms with Crippen LogP contribution in [0.25, 0.3) is 0 Å². The zero-order chi connectivity index (χ0) is 16.4.